The second kappa shape index (κ2) is 4.19. The molecule has 1 saturated heterocycles. The highest BCUT2D eigenvalue weighted by Crippen LogP contribution is 2.23. The topological polar surface area (TPSA) is 55.1 Å². The molecule has 2 atom stereocenters. The summed E-state index contributed by atoms with van der Waals surface area (Å²) in [6.45, 7) is 2.17. The van der Waals surface area contributed by atoms with Gasteiger partial charge in [0.1, 0.15) is 6.04 Å². The second-order valence-corrected chi connectivity index (χ2v) is 4.50. The van der Waals surface area contributed by atoms with Crippen molar-refractivity contribution in [1.29, 1.82) is 0 Å². The molecule has 0 aromatic rings. The Hall–Kier alpha value is -1.09. The van der Waals surface area contributed by atoms with Gasteiger partial charge in [-0.2, -0.15) is 0 Å². The van der Waals surface area contributed by atoms with Gasteiger partial charge in [0.15, 0.2) is 0 Å². The molecule has 1 heterocycles. The van der Waals surface area contributed by atoms with Gasteiger partial charge in [-0.15, -0.1) is 0 Å². The fourth-order valence-corrected chi connectivity index (χ4v) is 2.17. The summed E-state index contributed by atoms with van der Waals surface area (Å²) in [6, 6.07) is -0.0737. The molecule has 0 saturated carbocycles. The number of allylic oxidation sites excluding steroid dienone is 4. The molecule has 3 nitrogen and oxygen atoms in total. The predicted molar refractivity (Wildman–Crippen MR) is 60.2 cm³/mol. The van der Waals surface area contributed by atoms with Crippen molar-refractivity contribution in [2.24, 2.45) is 5.73 Å². The molecule has 1 unspecified atom stereocenters. The molecular weight excluding hydrogens is 188 g/mol. The first-order valence-electron chi connectivity index (χ1n) is 5.56. The zero-order chi connectivity index (χ0) is 10.8. The minimum atomic E-state index is -0.272. The number of hydrogen-bond acceptors (Lipinski definition) is 2. The fraction of sp³-hybridized carbons (Fsp3) is 0.583. The lowest BCUT2D eigenvalue weighted by Crippen LogP contribution is -2.66. The molecule has 1 amide bonds. The van der Waals surface area contributed by atoms with E-state index in [0.29, 0.717) is 0 Å². The first-order valence-corrected chi connectivity index (χ1v) is 5.56. The van der Waals surface area contributed by atoms with Gasteiger partial charge in [0, 0.05) is 0 Å². The van der Waals surface area contributed by atoms with Crippen LogP contribution in [0.5, 0.6) is 0 Å². The van der Waals surface area contributed by atoms with Crippen molar-refractivity contribution in [2.45, 2.75) is 44.7 Å². The van der Waals surface area contributed by atoms with Crippen LogP contribution in [-0.2, 0) is 4.79 Å². The molecule has 0 bridgehead atoms. The number of carbonyl (C=O) groups excluding carboxylic acids is 1. The summed E-state index contributed by atoms with van der Waals surface area (Å²) in [7, 11) is 0. The molecule has 3 heteroatoms. The van der Waals surface area contributed by atoms with Crippen LogP contribution < -0.4 is 11.1 Å². The average molecular weight is 206 g/mol. The Balaban J connectivity index is 1.75. The quantitative estimate of drug-likeness (QED) is 0.539. The van der Waals surface area contributed by atoms with Crippen LogP contribution in [0.15, 0.2) is 23.3 Å². The largest absolute Gasteiger partial charge is 0.350 e. The lowest BCUT2D eigenvalue weighted by molar-refractivity contribution is -0.130. The maximum absolute atomic E-state index is 10.9. The Morgan fingerprint density at radius 3 is 2.93 bits per heavy atom. The summed E-state index contributed by atoms with van der Waals surface area (Å²) in [5, 5.41) is 2.84. The molecule has 0 aromatic carbocycles. The van der Waals surface area contributed by atoms with Crippen molar-refractivity contribution in [2.75, 3.05) is 0 Å². The molecular formula is C12H18N2O. The van der Waals surface area contributed by atoms with E-state index in [0.717, 1.165) is 25.7 Å². The highest BCUT2D eigenvalue weighted by atomic mass is 16.2. The van der Waals surface area contributed by atoms with E-state index < -0.39 is 0 Å². The van der Waals surface area contributed by atoms with Crippen molar-refractivity contribution in [3.05, 3.63) is 23.3 Å². The summed E-state index contributed by atoms with van der Waals surface area (Å²) in [6.07, 6.45) is 8.75. The number of nitrogens with two attached hydrogens (primary N) is 1. The molecule has 0 aromatic heterocycles. The van der Waals surface area contributed by atoms with Gasteiger partial charge in [-0.25, -0.2) is 0 Å². The van der Waals surface area contributed by atoms with Gasteiger partial charge < -0.3 is 11.1 Å². The van der Waals surface area contributed by atoms with E-state index in [-0.39, 0.29) is 18.0 Å². The van der Waals surface area contributed by atoms with Crippen molar-refractivity contribution < 1.29 is 4.79 Å². The Morgan fingerprint density at radius 2 is 2.33 bits per heavy atom. The number of hydrogen-bond donors (Lipinski definition) is 2. The van der Waals surface area contributed by atoms with Crippen molar-refractivity contribution in [1.82, 2.24) is 5.32 Å². The van der Waals surface area contributed by atoms with Crippen LogP contribution in [-0.4, -0.2) is 18.0 Å². The first kappa shape index (κ1) is 10.4. The van der Waals surface area contributed by atoms with Gasteiger partial charge in [-0.3, -0.25) is 4.79 Å². The van der Waals surface area contributed by atoms with Crippen LogP contribution >= 0.6 is 0 Å². The fourth-order valence-electron chi connectivity index (χ4n) is 2.17. The lowest BCUT2D eigenvalue weighted by Gasteiger charge is -2.34. The van der Waals surface area contributed by atoms with Crippen molar-refractivity contribution >= 4 is 5.91 Å². The minimum Gasteiger partial charge on any atom is -0.350 e. The normalized spacial score (nSPS) is 30.1. The zero-order valence-electron chi connectivity index (χ0n) is 9.12. The van der Waals surface area contributed by atoms with Gasteiger partial charge in [-0.05, 0) is 32.6 Å². The highest BCUT2D eigenvalue weighted by Gasteiger charge is 2.35. The molecule has 15 heavy (non-hydrogen) atoms. The van der Waals surface area contributed by atoms with Gasteiger partial charge in [0.2, 0.25) is 5.91 Å². The van der Waals surface area contributed by atoms with Gasteiger partial charge in [0.25, 0.3) is 0 Å². The Labute approximate surface area is 90.4 Å². The average Bonchev–Trinajstić information content (AvgIpc) is 2.23. The van der Waals surface area contributed by atoms with E-state index in [1.165, 1.54) is 11.1 Å². The van der Waals surface area contributed by atoms with E-state index in [9.17, 15) is 4.79 Å². The minimum absolute atomic E-state index is 0.00583. The van der Waals surface area contributed by atoms with E-state index in [4.69, 9.17) is 5.73 Å². The summed E-state index contributed by atoms with van der Waals surface area (Å²) >= 11 is 0. The van der Waals surface area contributed by atoms with Crippen LogP contribution in [0.2, 0.25) is 0 Å². The standard InChI is InChI=1S/C12H18N2O/c1-8-3-2-4-9(7-8)5-6-10-11(13)12(15)14-10/h3-4,10-11H,2,5-7,13H2,1H3,(H,14,15)/t10-,11?/m1/s1. The summed E-state index contributed by atoms with van der Waals surface area (Å²) < 4.78 is 0. The van der Waals surface area contributed by atoms with Crippen LogP contribution in [0.4, 0.5) is 0 Å². The van der Waals surface area contributed by atoms with Gasteiger partial charge in [-0.1, -0.05) is 23.3 Å². The van der Waals surface area contributed by atoms with Crippen LogP contribution in [0.3, 0.4) is 0 Å². The van der Waals surface area contributed by atoms with Crippen LogP contribution in [0, 0.1) is 0 Å². The monoisotopic (exact) mass is 206 g/mol. The highest BCUT2D eigenvalue weighted by molar-refractivity contribution is 5.88. The zero-order valence-corrected chi connectivity index (χ0v) is 9.12. The number of carbonyl (C=O) groups is 1. The van der Waals surface area contributed by atoms with E-state index in [2.05, 4.69) is 24.4 Å². The van der Waals surface area contributed by atoms with Crippen LogP contribution in [0.1, 0.15) is 32.6 Å². The summed E-state index contributed by atoms with van der Waals surface area (Å²) in [5.74, 6) is -0.00583. The molecule has 0 spiro atoms. The maximum atomic E-state index is 10.9. The molecule has 0 radical (unpaired) electrons. The third kappa shape index (κ3) is 2.29. The van der Waals surface area contributed by atoms with Crippen molar-refractivity contribution in [3.8, 4) is 0 Å². The first-order chi connectivity index (χ1) is 7.16. The molecule has 1 fully saturated rings. The summed E-state index contributed by atoms with van der Waals surface area (Å²) in [5.41, 5.74) is 8.61. The number of nitrogens with one attached hydrogen (secondary N) is 1. The SMILES string of the molecule is CC1=CCC=C(CC[C@H]2NC(=O)C2N)C1. The number of rotatable bonds is 3. The number of β-lactam (4-membered cyclic amide) rings is 1. The van der Waals surface area contributed by atoms with Crippen LogP contribution in [0.25, 0.3) is 0 Å². The molecule has 82 valence electrons. The molecule has 1 aliphatic carbocycles. The Morgan fingerprint density at radius 1 is 1.53 bits per heavy atom. The third-order valence-corrected chi connectivity index (χ3v) is 3.22. The van der Waals surface area contributed by atoms with E-state index >= 15 is 0 Å². The van der Waals surface area contributed by atoms with E-state index in [1.807, 2.05) is 0 Å². The predicted octanol–water partition coefficient (Wildman–Crippen LogP) is 1.26. The van der Waals surface area contributed by atoms with E-state index in [1.54, 1.807) is 0 Å². The molecule has 1 aliphatic heterocycles. The maximum Gasteiger partial charge on any atom is 0.239 e. The molecule has 3 N–H and O–H groups in total. The van der Waals surface area contributed by atoms with Crippen molar-refractivity contribution in [3.63, 3.8) is 0 Å². The van der Waals surface area contributed by atoms with Gasteiger partial charge >= 0.3 is 0 Å². The third-order valence-electron chi connectivity index (χ3n) is 3.22. The van der Waals surface area contributed by atoms with Gasteiger partial charge in [0.05, 0.1) is 6.04 Å². The Bertz CT molecular complexity index is 331. The second-order valence-electron chi connectivity index (χ2n) is 4.50. The molecule has 2 rings (SSSR count). The summed E-state index contributed by atoms with van der Waals surface area (Å²) in [4.78, 5) is 10.9. The Kier molecular flexibility index (Phi) is 2.91. The number of amides is 1. The molecule has 2 aliphatic rings. The lowest BCUT2D eigenvalue weighted by atomic mass is 9.89. The smallest absolute Gasteiger partial charge is 0.239 e.